The molecule has 0 unspecified atom stereocenters. The number of nitrogens with one attached hydrogen (secondary N) is 1. The summed E-state index contributed by atoms with van der Waals surface area (Å²) in [5.74, 6) is 1.69. The standard InChI is InChI=1S/C13H20BrNO2/c1-15-9-5-4-6-10-7-8-11(16-2)12(14)13(10)17-3/h7-8,15H,4-6,9H2,1-3H3. The van der Waals surface area contributed by atoms with E-state index in [1.54, 1.807) is 14.2 Å². The maximum absolute atomic E-state index is 5.43. The molecule has 0 fully saturated rings. The third-order valence-corrected chi connectivity index (χ3v) is 3.44. The van der Waals surface area contributed by atoms with E-state index in [1.807, 2.05) is 13.1 Å². The molecule has 0 aliphatic heterocycles. The summed E-state index contributed by atoms with van der Waals surface area (Å²) in [5, 5.41) is 3.15. The second kappa shape index (κ2) is 7.56. The van der Waals surface area contributed by atoms with Gasteiger partial charge in [-0.15, -0.1) is 0 Å². The summed E-state index contributed by atoms with van der Waals surface area (Å²) in [6.45, 7) is 1.06. The molecular weight excluding hydrogens is 282 g/mol. The van der Waals surface area contributed by atoms with Gasteiger partial charge in [0.25, 0.3) is 0 Å². The van der Waals surface area contributed by atoms with Crippen molar-refractivity contribution in [3.8, 4) is 11.5 Å². The van der Waals surface area contributed by atoms with Gasteiger partial charge in [-0.2, -0.15) is 0 Å². The smallest absolute Gasteiger partial charge is 0.139 e. The molecule has 0 atom stereocenters. The summed E-state index contributed by atoms with van der Waals surface area (Å²) in [6, 6.07) is 4.04. The molecule has 4 heteroatoms. The van der Waals surface area contributed by atoms with Crippen LogP contribution in [-0.2, 0) is 6.42 Å². The molecule has 17 heavy (non-hydrogen) atoms. The Morgan fingerprint density at radius 3 is 2.53 bits per heavy atom. The lowest BCUT2D eigenvalue weighted by Gasteiger charge is -2.13. The molecule has 0 radical (unpaired) electrons. The number of aryl methyl sites for hydroxylation is 1. The van der Waals surface area contributed by atoms with Crippen molar-refractivity contribution in [3.05, 3.63) is 22.2 Å². The maximum Gasteiger partial charge on any atom is 0.139 e. The van der Waals surface area contributed by atoms with Gasteiger partial charge in [0.2, 0.25) is 0 Å². The molecule has 3 nitrogen and oxygen atoms in total. The molecule has 0 spiro atoms. The minimum Gasteiger partial charge on any atom is -0.495 e. The van der Waals surface area contributed by atoms with Crippen molar-refractivity contribution in [2.24, 2.45) is 0 Å². The fraction of sp³-hybridized carbons (Fsp3) is 0.538. The maximum atomic E-state index is 5.43. The van der Waals surface area contributed by atoms with Crippen LogP contribution >= 0.6 is 15.9 Å². The Kier molecular flexibility index (Phi) is 6.37. The predicted octanol–water partition coefficient (Wildman–Crippen LogP) is 3.01. The van der Waals surface area contributed by atoms with E-state index in [-0.39, 0.29) is 0 Å². The van der Waals surface area contributed by atoms with Crippen molar-refractivity contribution >= 4 is 15.9 Å². The Morgan fingerprint density at radius 1 is 1.18 bits per heavy atom. The Morgan fingerprint density at radius 2 is 1.94 bits per heavy atom. The lowest BCUT2D eigenvalue weighted by atomic mass is 10.1. The molecule has 0 bridgehead atoms. The van der Waals surface area contributed by atoms with Gasteiger partial charge < -0.3 is 14.8 Å². The highest BCUT2D eigenvalue weighted by molar-refractivity contribution is 9.10. The SMILES string of the molecule is CNCCCCc1ccc(OC)c(Br)c1OC. The number of halogens is 1. The molecule has 0 aliphatic rings. The highest BCUT2D eigenvalue weighted by Crippen LogP contribution is 2.37. The zero-order valence-electron chi connectivity index (χ0n) is 10.7. The molecule has 1 aromatic rings. The number of methoxy groups -OCH3 is 2. The van der Waals surface area contributed by atoms with Gasteiger partial charge in [-0.05, 0) is 60.4 Å². The van der Waals surface area contributed by atoms with E-state index in [2.05, 4.69) is 27.3 Å². The number of ether oxygens (including phenoxy) is 2. The first-order valence-electron chi connectivity index (χ1n) is 5.78. The predicted molar refractivity (Wildman–Crippen MR) is 74.1 cm³/mol. The number of benzene rings is 1. The highest BCUT2D eigenvalue weighted by atomic mass is 79.9. The van der Waals surface area contributed by atoms with E-state index < -0.39 is 0 Å². The Balaban J connectivity index is 2.74. The average molecular weight is 302 g/mol. The lowest BCUT2D eigenvalue weighted by Crippen LogP contribution is -2.07. The first-order chi connectivity index (χ1) is 8.24. The molecule has 96 valence electrons. The summed E-state index contributed by atoms with van der Waals surface area (Å²) in [5.41, 5.74) is 1.22. The van der Waals surface area contributed by atoms with E-state index in [0.29, 0.717) is 0 Å². The van der Waals surface area contributed by atoms with Crippen LogP contribution in [0.5, 0.6) is 11.5 Å². The second-order valence-corrected chi connectivity index (χ2v) is 4.63. The fourth-order valence-electron chi connectivity index (χ4n) is 1.77. The average Bonchev–Trinajstić information content (AvgIpc) is 2.35. The monoisotopic (exact) mass is 301 g/mol. The van der Waals surface area contributed by atoms with Crippen LogP contribution in [0, 0.1) is 0 Å². The van der Waals surface area contributed by atoms with Gasteiger partial charge in [-0.1, -0.05) is 6.07 Å². The van der Waals surface area contributed by atoms with Gasteiger partial charge in [-0.3, -0.25) is 0 Å². The quantitative estimate of drug-likeness (QED) is 0.785. The van der Waals surface area contributed by atoms with Crippen LogP contribution in [0.1, 0.15) is 18.4 Å². The molecule has 0 saturated heterocycles. The fourth-order valence-corrected chi connectivity index (χ4v) is 2.48. The van der Waals surface area contributed by atoms with E-state index >= 15 is 0 Å². The van der Waals surface area contributed by atoms with E-state index in [9.17, 15) is 0 Å². The van der Waals surface area contributed by atoms with Gasteiger partial charge in [-0.25, -0.2) is 0 Å². The van der Waals surface area contributed by atoms with Crippen LogP contribution in [0.15, 0.2) is 16.6 Å². The lowest BCUT2D eigenvalue weighted by molar-refractivity contribution is 0.385. The normalized spacial score (nSPS) is 10.4. The van der Waals surface area contributed by atoms with Crippen molar-refractivity contribution in [2.75, 3.05) is 27.8 Å². The molecule has 0 aromatic heterocycles. The zero-order valence-corrected chi connectivity index (χ0v) is 12.3. The molecule has 0 saturated carbocycles. The van der Waals surface area contributed by atoms with E-state index in [4.69, 9.17) is 9.47 Å². The van der Waals surface area contributed by atoms with Gasteiger partial charge in [0, 0.05) is 0 Å². The highest BCUT2D eigenvalue weighted by Gasteiger charge is 2.11. The van der Waals surface area contributed by atoms with Crippen LogP contribution in [0.4, 0.5) is 0 Å². The summed E-state index contributed by atoms with van der Waals surface area (Å²) >= 11 is 3.51. The van der Waals surface area contributed by atoms with E-state index in [0.717, 1.165) is 35.4 Å². The minimum atomic E-state index is 0.806. The molecule has 0 amide bonds. The number of hydrogen-bond donors (Lipinski definition) is 1. The summed E-state index contributed by atoms with van der Waals surface area (Å²) in [7, 11) is 5.33. The van der Waals surface area contributed by atoms with Crippen LogP contribution in [0.25, 0.3) is 0 Å². The number of unbranched alkanes of at least 4 members (excludes halogenated alkanes) is 1. The van der Waals surface area contributed by atoms with E-state index in [1.165, 1.54) is 12.0 Å². The van der Waals surface area contributed by atoms with Crippen molar-refractivity contribution in [2.45, 2.75) is 19.3 Å². The third-order valence-electron chi connectivity index (χ3n) is 2.69. The Bertz CT molecular complexity index is 356. The summed E-state index contributed by atoms with van der Waals surface area (Å²) in [4.78, 5) is 0. The van der Waals surface area contributed by atoms with Crippen molar-refractivity contribution in [1.82, 2.24) is 5.32 Å². The van der Waals surface area contributed by atoms with Gasteiger partial charge in [0.15, 0.2) is 0 Å². The number of hydrogen-bond acceptors (Lipinski definition) is 3. The van der Waals surface area contributed by atoms with Crippen LogP contribution < -0.4 is 14.8 Å². The topological polar surface area (TPSA) is 30.5 Å². The van der Waals surface area contributed by atoms with Crippen molar-refractivity contribution < 1.29 is 9.47 Å². The van der Waals surface area contributed by atoms with Crippen LogP contribution in [-0.4, -0.2) is 27.8 Å². The molecule has 0 aliphatic carbocycles. The van der Waals surface area contributed by atoms with Crippen molar-refractivity contribution in [3.63, 3.8) is 0 Å². The number of rotatable bonds is 7. The minimum absolute atomic E-state index is 0.806. The van der Waals surface area contributed by atoms with Crippen LogP contribution in [0.2, 0.25) is 0 Å². The Labute approximate surface area is 112 Å². The molecule has 0 heterocycles. The summed E-state index contributed by atoms with van der Waals surface area (Å²) in [6.07, 6.45) is 3.34. The van der Waals surface area contributed by atoms with Gasteiger partial charge >= 0.3 is 0 Å². The molecular formula is C13H20BrNO2. The second-order valence-electron chi connectivity index (χ2n) is 3.83. The Hall–Kier alpha value is -0.740. The van der Waals surface area contributed by atoms with Crippen molar-refractivity contribution in [1.29, 1.82) is 0 Å². The largest absolute Gasteiger partial charge is 0.495 e. The van der Waals surface area contributed by atoms with Gasteiger partial charge in [0.1, 0.15) is 16.0 Å². The van der Waals surface area contributed by atoms with Crippen LogP contribution in [0.3, 0.4) is 0 Å². The zero-order chi connectivity index (χ0) is 12.7. The molecule has 1 aromatic carbocycles. The summed E-state index contributed by atoms with van der Waals surface area (Å²) < 4.78 is 11.6. The third kappa shape index (κ3) is 3.89. The molecule has 1 N–H and O–H groups in total. The first kappa shape index (κ1) is 14.3. The van der Waals surface area contributed by atoms with Gasteiger partial charge in [0.05, 0.1) is 14.2 Å². The first-order valence-corrected chi connectivity index (χ1v) is 6.57. The molecule has 1 rings (SSSR count).